The summed E-state index contributed by atoms with van der Waals surface area (Å²) in [7, 11) is 0. The number of rotatable bonds is 55. The largest absolute Gasteiger partial charge is 0.462 e. The van der Waals surface area contributed by atoms with E-state index >= 15 is 0 Å². The third kappa shape index (κ3) is 54.6. The second-order valence-corrected chi connectivity index (χ2v) is 20.3. The van der Waals surface area contributed by atoms with Crippen molar-refractivity contribution < 1.29 is 28.6 Å². The van der Waals surface area contributed by atoms with Gasteiger partial charge in [0.2, 0.25) is 0 Å². The summed E-state index contributed by atoms with van der Waals surface area (Å²) < 4.78 is 16.8. The maximum absolute atomic E-state index is 12.8. The highest BCUT2D eigenvalue weighted by Gasteiger charge is 2.19. The molecule has 6 heteroatoms. The molecule has 0 N–H and O–H groups in total. The van der Waals surface area contributed by atoms with Crippen molar-refractivity contribution in [2.45, 2.75) is 329 Å². The van der Waals surface area contributed by atoms with Gasteiger partial charge in [-0.15, -0.1) is 0 Å². The van der Waals surface area contributed by atoms with E-state index < -0.39 is 6.10 Å². The van der Waals surface area contributed by atoms with Crippen LogP contribution in [-0.4, -0.2) is 37.2 Å². The Bertz CT molecular complexity index is 1140. The van der Waals surface area contributed by atoms with Crippen LogP contribution in [0, 0.1) is 0 Å². The molecular formula is C62H114O6. The number of allylic oxidation sites excluding steroid dienone is 6. The van der Waals surface area contributed by atoms with E-state index in [0.717, 1.165) is 103 Å². The van der Waals surface area contributed by atoms with Crippen LogP contribution >= 0.6 is 0 Å². The summed E-state index contributed by atoms with van der Waals surface area (Å²) in [6.07, 6.45) is 68.9. The molecule has 0 bridgehead atoms. The first-order valence-electron chi connectivity index (χ1n) is 30.0. The number of carbonyl (C=O) groups is 3. The van der Waals surface area contributed by atoms with E-state index in [9.17, 15) is 14.4 Å². The molecule has 0 aliphatic rings. The molecule has 6 nitrogen and oxygen atoms in total. The Balaban J connectivity index is 4.10. The molecule has 0 fully saturated rings. The predicted octanol–water partition coefficient (Wildman–Crippen LogP) is 20.0. The average molecular weight is 956 g/mol. The molecule has 0 aliphatic heterocycles. The molecule has 0 heterocycles. The molecular weight excluding hydrogens is 841 g/mol. The molecule has 0 amide bonds. The number of ether oxygens (including phenoxy) is 3. The lowest BCUT2D eigenvalue weighted by molar-refractivity contribution is -0.167. The SMILES string of the molecule is CCC/C=C\C/C=C\CCCCCCCC(=O)OC(COC(=O)CCCCCCC/C=C\CCC)COC(=O)CCCCCCCCCCCCCCCCCCCCCCCCCCCCC. The van der Waals surface area contributed by atoms with Gasteiger partial charge in [0.1, 0.15) is 13.2 Å². The fourth-order valence-electron chi connectivity index (χ4n) is 8.84. The highest BCUT2D eigenvalue weighted by Crippen LogP contribution is 2.17. The minimum Gasteiger partial charge on any atom is -0.462 e. The number of unbranched alkanes of at least 4 members (excludes halogenated alkanes) is 38. The predicted molar refractivity (Wildman–Crippen MR) is 293 cm³/mol. The van der Waals surface area contributed by atoms with E-state index in [4.69, 9.17) is 14.2 Å². The summed E-state index contributed by atoms with van der Waals surface area (Å²) in [5.41, 5.74) is 0. The smallest absolute Gasteiger partial charge is 0.306 e. The Hall–Kier alpha value is -2.37. The first-order chi connectivity index (χ1) is 33.5. The molecule has 0 aromatic heterocycles. The Morgan fingerprint density at radius 2 is 0.559 bits per heavy atom. The van der Waals surface area contributed by atoms with E-state index in [1.807, 2.05) is 0 Å². The summed E-state index contributed by atoms with van der Waals surface area (Å²) >= 11 is 0. The van der Waals surface area contributed by atoms with Crippen molar-refractivity contribution in [3.05, 3.63) is 36.5 Å². The molecule has 0 aromatic rings. The molecule has 1 atom stereocenters. The van der Waals surface area contributed by atoms with Gasteiger partial charge in [-0.2, -0.15) is 0 Å². The molecule has 0 rings (SSSR count). The van der Waals surface area contributed by atoms with Gasteiger partial charge in [-0.25, -0.2) is 0 Å². The molecule has 0 radical (unpaired) electrons. The maximum Gasteiger partial charge on any atom is 0.306 e. The molecule has 0 saturated heterocycles. The van der Waals surface area contributed by atoms with Crippen LogP contribution in [0.15, 0.2) is 36.5 Å². The van der Waals surface area contributed by atoms with Gasteiger partial charge in [0.05, 0.1) is 0 Å². The topological polar surface area (TPSA) is 78.9 Å². The van der Waals surface area contributed by atoms with Crippen LogP contribution in [0.5, 0.6) is 0 Å². The van der Waals surface area contributed by atoms with Crippen molar-refractivity contribution in [1.82, 2.24) is 0 Å². The fraction of sp³-hybridized carbons (Fsp3) is 0.855. The van der Waals surface area contributed by atoms with Gasteiger partial charge < -0.3 is 14.2 Å². The van der Waals surface area contributed by atoms with Gasteiger partial charge in [-0.1, -0.05) is 276 Å². The quantitative estimate of drug-likeness (QED) is 0.0262. The van der Waals surface area contributed by atoms with Crippen molar-refractivity contribution >= 4 is 17.9 Å². The van der Waals surface area contributed by atoms with Gasteiger partial charge in [0.15, 0.2) is 6.10 Å². The van der Waals surface area contributed by atoms with E-state index in [0.29, 0.717) is 19.3 Å². The molecule has 0 aromatic carbocycles. The normalized spacial score (nSPS) is 12.2. The minimum absolute atomic E-state index is 0.0774. The highest BCUT2D eigenvalue weighted by molar-refractivity contribution is 5.71. The Kier molecular flexibility index (Phi) is 55.2. The van der Waals surface area contributed by atoms with Crippen LogP contribution in [0.2, 0.25) is 0 Å². The molecule has 68 heavy (non-hydrogen) atoms. The van der Waals surface area contributed by atoms with Gasteiger partial charge >= 0.3 is 17.9 Å². The zero-order valence-electron chi connectivity index (χ0n) is 45.6. The maximum atomic E-state index is 12.8. The summed E-state index contributed by atoms with van der Waals surface area (Å²) in [5.74, 6) is -0.889. The first-order valence-corrected chi connectivity index (χ1v) is 30.0. The zero-order valence-corrected chi connectivity index (χ0v) is 45.6. The third-order valence-electron chi connectivity index (χ3n) is 13.3. The molecule has 398 valence electrons. The summed E-state index contributed by atoms with van der Waals surface area (Å²) in [4.78, 5) is 38.0. The van der Waals surface area contributed by atoms with E-state index in [1.54, 1.807) is 0 Å². The monoisotopic (exact) mass is 955 g/mol. The van der Waals surface area contributed by atoms with Gasteiger partial charge in [-0.05, 0) is 64.2 Å². The summed E-state index contributed by atoms with van der Waals surface area (Å²) in [6.45, 7) is 6.53. The molecule has 0 saturated carbocycles. The van der Waals surface area contributed by atoms with Gasteiger partial charge in [0, 0.05) is 19.3 Å². The van der Waals surface area contributed by atoms with Gasteiger partial charge in [-0.3, -0.25) is 14.4 Å². The van der Waals surface area contributed by atoms with Crippen LogP contribution in [0.25, 0.3) is 0 Å². The van der Waals surface area contributed by atoms with Crippen molar-refractivity contribution in [3.63, 3.8) is 0 Å². The summed E-state index contributed by atoms with van der Waals surface area (Å²) in [6, 6.07) is 0. The molecule has 0 aliphatic carbocycles. The van der Waals surface area contributed by atoms with Crippen molar-refractivity contribution in [2.75, 3.05) is 13.2 Å². The average Bonchev–Trinajstić information content (AvgIpc) is 3.34. The second-order valence-electron chi connectivity index (χ2n) is 20.3. The Labute approximate surface area is 423 Å². The lowest BCUT2D eigenvalue weighted by Crippen LogP contribution is -2.30. The molecule has 1 unspecified atom stereocenters. The number of hydrogen-bond acceptors (Lipinski definition) is 6. The fourth-order valence-corrected chi connectivity index (χ4v) is 8.84. The van der Waals surface area contributed by atoms with Crippen LogP contribution in [0.1, 0.15) is 323 Å². The lowest BCUT2D eigenvalue weighted by atomic mass is 10.0. The van der Waals surface area contributed by atoms with Gasteiger partial charge in [0.25, 0.3) is 0 Å². The standard InChI is InChI=1S/C62H114O6/c1-4-7-10-13-16-19-22-24-25-26-27-28-29-30-31-32-33-34-35-36-37-39-40-43-46-49-52-55-61(64)67-58-59(57-66-60(63)54-51-48-45-42-21-18-15-12-9-6-3)68-62(65)56-53-50-47-44-41-38-23-20-17-14-11-8-5-2/h11-12,14-15,20,23,59H,4-10,13,16-19,21-22,24-58H2,1-3H3/b14-11-,15-12-,23-20-. The molecule has 0 spiro atoms. The summed E-state index contributed by atoms with van der Waals surface area (Å²) in [5, 5.41) is 0. The van der Waals surface area contributed by atoms with Crippen LogP contribution < -0.4 is 0 Å². The number of esters is 3. The van der Waals surface area contributed by atoms with E-state index in [2.05, 4.69) is 57.2 Å². The van der Waals surface area contributed by atoms with Crippen LogP contribution in [0.3, 0.4) is 0 Å². The van der Waals surface area contributed by atoms with Crippen molar-refractivity contribution in [1.29, 1.82) is 0 Å². The third-order valence-corrected chi connectivity index (χ3v) is 13.3. The van der Waals surface area contributed by atoms with E-state index in [-0.39, 0.29) is 31.1 Å². The second kappa shape index (κ2) is 57.2. The Morgan fingerprint density at radius 3 is 0.897 bits per heavy atom. The zero-order chi connectivity index (χ0) is 49.3. The minimum atomic E-state index is -0.779. The van der Waals surface area contributed by atoms with Crippen molar-refractivity contribution in [2.24, 2.45) is 0 Å². The first kappa shape index (κ1) is 65.6. The lowest BCUT2D eigenvalue weighted by Gasteiger charge is -2.18. The number of carbonyl (C=O) groups excluding carboxylic acids is 3. The van der Waals surface area contributed by atoms with E-state index in [1.165, 1.54) is 180 Å². The van der Waals surface area contributed by atoms with Crippen LogP contribution in [-0.2, 0) is 28.6 Å². The number of hydrogen-bond donors (Lipinski definition) is 0. The Morgan fingerprint density at radius 1 is 0.294 bits per heavy atom. The van der Waals surface area contributed by atoms with Crippen molar-refractivity contribution in [3.8, 4) is 0 Å². The van der Waals surface area contributed by atoms with Crippen LogP contribution in [0.4, 0.5) is 0 Å². The highest BCUT2D eigenvalue weighted by atomic mass is 16.6.